The lowest BCUT2D eigenvalue weighted by molar-refractivity contribution is 0.0951. The standard InChI is InChI=1S/C31H34N4O2/c1-3-4-8-15-32-31-33-19-24-17-27(26-16-23(12-11-21(26)2)30(36)34-25-13-14-25)29(18-28(24)35-31)37-20-22-9-6-5-7-10-22/h5-7,9-12,16-19,25H,3-4,8,13-15,20H2,1-2H3,(H,34,36)(H,32,33,35). The fourth-order valence-corrected chi connectivity index (χ4v) is 4.34. The molecule has 6 heteroatoms. The molecule has 1 fully saturated rings. The van der Waals surface area contributed by atoms with Gasteiger partial charge in [0, 0.05) is 41.4 Å². The Morgan fingerprint density at radius 3 is 2.65 bits per heavy atom. The van der Waals surface area contributed by atoms with Crippen LogP contribution < -0.4 is 15.4 Å². The van der Waals surface area contributed by atoms with Crippen molar-refractivity contribution in [3.05, 3.63) is 83.6 Å². The molecule has 0 radical (unpaired) electrons. The second kappa shape index (κ2) is 11.4. The van der Waals surface area contributed by atoms with Crippen molar-refractivity contribution in [2.24, 2.45) is 0 Å². The van der Waals surface area contributed by atoms with Gasteiger partial charge >= 0.3 is 0 Å². The quantitative estimate of drug-likeness (QED) is 0.228. The van der Waals surface area contributed by atoms with E-state index >= 15 is 0 Å². The summed E-state index contributed by atoms with van der Waals surface area (Å²) in [5, 5.41) is 7.35. The summed E-state index contributed by atoms with van der Waals surface area (Å²) in [7, 11) is 0. The molecule has 0 spiro atoms. The van der Waals surface area contributed by atoms with E-state index in [0.717, 1.165) is 64.7 Å². The van der Waals surface area contributed by atoms with Crippen molar-refractivity contribution in [3.8, 4) is 16.9 Å². The fourth-order valence-electron chi connectivity index (χ4n) is 4.34. The molecule has 1 heterocycles. The Morgan fingerprint density at radius 1 is 1.03 bits per heavy atom. The summed E-state index contributed by atoms with van der Waals surface area (Å²) in [4.78, 5) is 22.1. The number of hydrogen-bond acceptors (Lipinski definition) is 5. The highest BCUT2D eigenvalue weighted by Gasteiger charge is 2.24. The largest absolute Gasteiger partial charge is 0.488 e. The first-order valence-electron chi connectivity index (χ1n) is 13.2. The van der Waals surface area contributed by atoms with E-state index < -0.39 is 0 Å². The van der Waals surface area contributed by atoms with Crippen molar-refractivity contribution in [2.75, 3.05) is 11.9 Å². The van der Waals surface area contributed by atoms with Crippen LogP contribution >= 0.6 is 0 Å². The van der Waals surface area contributed by atoms with Gasteiger partial charge in [0.05, 0.1) is 5.52 Å². The predicted molar refractivity (Wildman–Crippen MR) is 149 cm³/mol. The summed E-state index contributed by atoms with van der Waals surface area (Å²) in [6.07, 6.45) is 7.41. The maximum absolute atomic E-state index is 12.8. The van der Waals surface area contributed by atoms with Crippen LogP contribution in [0.1, 0.15) is 60.5 Å². The number of aromatic nitrogens is 2. The molecule has 3 aromatic carbocycles. The van der Waals surface area contributed by atoms with Crippen LogP contribution in [0, 0.1) is 6.92 Å². The molecule has 5 rings (SSSR count). The van der Waals surface area contributed by atoms with Crippen LogP contribution in [-0.2, 0) is 6.61 Å². The van der Waals surface area contributed by atoms with Crippen LogP contribution in [0.25, 0.3) is 22.0 Å². The maximum atomic E-state index is 12.8. The Labute approximate surface area is 218 Å². The minimum Gasteiger partial charge on any atom is -0.488 e. The molecule has 0 saturated heterocycles. The highest BCUT2D eigenvalue weighted by atomic mass is 16.5. The van der Waals surface area contributed by atoms with Crippen LogP contribution in [0.2, 0.25) is 0 Å². The molecule has 0 atom stereocenters. The lowest BCUT2D eigenvalue weighted by atomic mass is 9.96. The molecule has 1 saturated carbocycles. The van der Waals surface area contributed by atoms with Gasteiger partial charge < -0.3 is 15.4 Å². The van der Waals surface area contributed by atoms with E-state index in [4.69, 9.17) is 9.72 Å². The van der Waals surface area contributed by atoms with E-state index in [0.29, 0.717) is 24.2 Å². The van der Waals surface area contributed by atoms with Crippen LogP contribution in [-0.4, -0.2) is 28.5 Å². The topological polar surface area (TPSA) is 76.1 Å². The highest BCUT2D eigenvalue weighted by Crippen LogP contribution is 2.37. The Kier molecular flexibility index (Phi) is 7.64. The van der Waals surface area contributed by atoms with Crippen molar-refractivity contribution < 1.29 is 9.53 Å². The van der Waals surface area contributed by atoms with Gasteiger partial charge in [-0.05, 0) is 61.1 Å². The molecule has 4 aromatic rings. The van der Waals surface area contributed by atoms with Gasteiger partial charge in [-0.25, -0.2) is 9.97 Å². The van der Waals surface area contributed by atoms with E-state index in [1.165, 1.54) is 12.8 Å². The molecule has 0 unspecified atom stereocenters. The number of fused-ring (bicyclic) bond motifs is 1. The van der Waals surface area contributed by atoms with Crippen molar-refractivity contribution in [3.63, 3.8) is 0 Å². The van der Waals surface area contributed by atoms with E-state index in [9.17, 15) is 4.79 Å². The van der Waals surface area contributed by atoms with Crippen molar-refractivity contribution in [1.82, 2.24) is 15.3 Å². The normalized spacial score (nSPS) is 12.9. The van der Waals surface area contributed by atoms with Crippen LogP contribution in [0.3, 0.4) is 0 Å². The molecular weight excluding hydrogens is 460 g/mol. The second-order valence-electron chi connectivity index (χ2n) is 9.79. The fraction of sp³-hybridized carbons (Fsp3) is 0.323. The Bertz CT molecular complexity index is 1380. The van der Waals surface area contributed by atoms with Gasteiger partial charge in [-0.3, -0.25) is 4.79 Å². The van der Waals surface area contributed by atoms with E-state index in [1.54, 1.807) is 0 Å². The number of carbonyl (C=O) groups excluding carboxylic acids is 1. The molecule has 2 N–H and O–H groups in total. The number of nitrogens with one attached hydrogen (secondary N) is 2. The third-order valence-corrected chi connectivity index (χ3v) is 6.68. The number of amides is 1. The van der Waals surface area contributed by atoms with Gasteiger partial charge in [0.2, 0.25) is 5.95 Å². The second-order valence-corrected chi connectivity index (χ2v) is 9.79. The van der Waals surface area contributed by atoms with Crippen LogP contribution in [0.5, 0.6) is 5.75 Å². The maximum Gasteiger partial charge on any atom is 0.251 e. The van der Waals surface area contributed by atoms with Crippen LogP contribution in [0.4, 0.5) is 5.95 Å². The number of aryl methyl sites for hydroxylation is 1. The summed E-state index contributed by atoms with van der Waals surface area (Å²) in [6.45, 7) is 5.54. The molecule has 0 aliphatic heterocycles. The molecule has 0 bridgehead atoms. The predicted octanol–water partition coefficient (Wildman–Crippen LogP) is 6.68. The number of carbonyl (C=O) groups is 1. The lowest BCUT2D eigenvalue weighted by Crippen LogP contribution is -2.25. The zero-order valence-corrected chi connectivity index (χ0v) is 21.6. The Morgan fingerprint density at radius 2 is 1.86 bits per heavy atom. The average Bonchev–Trinajstić information content (AvgIpc) is 3.74. The highest BCUT2D eigenvalue weighted by molar-refractivity contribution is 5.97. The molecule has 6 nitrogen and oxygen atoms in total. The summed E-state index contributed by atoms with van der Waals surface area (Å²) < 4.78 is 6.39. The minimum absolute atomic E-state index is 0.0292. The SMILES string of the molecule is CCCCCNc1ncc2cc(-c3cc(C(=O)NC4CC4)ccc3C)c(OCc3ccccc3)cc2n1. The van der Waals surface area contributed by atoms with Gasteiger partial charge in [0.1, 0.15) is 12.4 Å². The Balaban J connectivity index is 1.51. The first-order valence-corrected chi connectivity index (χ1v) is 13.2. The number of anilines is 1. The smallest absolute Gasteiger partial charge is 0.251 e. The number of rotatable bonds is 11. The molecule has 1 amide bonds. The molecule has 37 heavy (non-hydrogen) atoms. The zero-order chi connectivity index (χ0) is 25.6. The monoisotopic (exact) mass is 494 g/mol. The van der Waals surface area contributed by atoms with E-state index in [1.807, 2.05) is 48.7 Å². The zero-order valence-electron chi connectivity index (χ0n) is 21.6. The third-order valence-electron chi connectivity index (χ3n) is 6.68. The number of ether oxygens (including phenoxy) is 1. The minimum atomic E-state index is -0.0292. The van der Waals surface area contributed by atoms with Crippen LogP contribution in [0.15, 0.2) is 66.9 Å². The lowest BCUT2D eigenvalue weighted by Gasteiger charge is -2.16. The average molecular weight is 495 g/mol. The van der Waals surface area contributed by atoms with Gasteiger partial charge in [-0.1, -0.05) is 56.2 Å². The summed E-state index contributed by atoms with van der Waals surface area (Å²) >= 11 is 0. The molecule has 1 aliphatic rings. The van der Waals surface area contributed by atoms with Crippen molar-refractivity contribution in [2.45, 2.75) is 58.6 Å². The van der Waals surface area contributed by atoms with Crippen molar-refractivity contribution in [1.29, 1.82) is 0 Å². The molecular formula is C31H34N4O2. The molecule has 1 aliphatic carbocycles. The van der Waals surface area contributed by atoms with Gasteiger partial charge in [0.25, 0.3) is 5.91 Å². The number of nitrogens with zero attached hydrogens (tertiary/aromatic N) is 2. The number of unbranched alkanes of at least 4 members (excludes halogenated alkanes) is 2. The van der Waals surface area contributed by atoms with Gasteiger partial charge in [0.15, 0.2) is 0 Å². The van der Waals surface area contributed by atoms with E-state index in [2.05, 4.69) is 47.7 Å². The van der Waals surface area contributed by atoms with Gasteiger partial charge in [-0.15, -0.1) is 0 Å². The first-order chi connectivity index (χ1) is 18.1. The van der Waals surface area contributed by atoms with Gasteiger partial charge in [-0.2, -0.15) is 0 Å². The first kappa shape index (κ1) is 24.8. The Hall–Kier alpha value is -3.93. The number of benzene rings is 3. The third kappa shape index (κ3) is 6.26. The summed E-state index contributed by atoms with van der Waals surface area (Å²) in [6, 6.07) is 20.3. The molecule has 190 valence electrons. The summed E-state index contributed by atoms with van der Waals surface area (Å²) in [5.74, 6) is 1.33. The van der Waals surface area contributed by atoms with E-state index in [-0.39, 0.29) is 5.91 Å². The summed E-state index contributed by atoms with van der Waals surface area (Å²) in [5.41, 5.74) is 5.53. The molecule has 1 aromatic heterocycles. The number of hydrogen-bond donors (Lipinski definition) is 2. The van der Waals surface area contributed by atoms with Crippen molar-refractivity contribution >= 4 is 22.8 Å².